The lowest BCUT2D eigenvalue weighted by Crippen LogP contribution is -2.12. The quantitative estimate of drug-likeness (QED) is 0.725. The number of nitrogens with one attached hydrogen (secondary N) is 2. The Labute approximate surface area is 132 Å². The minimum atomic E-state index is -0.333. The number of benzene rings is 1. The Morgan fingerprint density at radius 3 is 2.65 bits per heavy atom. The zero-order valence-electron chi connectivity index (χ0n) is 12.4. The number of hydrogen-bond acceptors (Lipinski definition) is 4. The average molecular weight is 306 g/mol. The number of aromatic nitrogens is 3. The fourth-order valence-electron chi connectivity index (χ4n) is 2.10. The summed E-state index contributed by atoms with van der Waals surface area (Å²) in [7, 11) is 0. The zero-order chi connectivity index (χ0) is 16.2. The number of pyridine rings is 1. The molecule has 3 rings (SSSR count). The third-order valence-corrected chi connectivity index (χ3v) is 3.28. The summed E-state index contributed by atoms with van der Waals surface area (Å²) < 4.78 is 0. The van der Waals surface area contributed by atoms with Crippen LogP contribution in [0.2, 0.25) is 0 Å². The number of Topliss-reactive ketones (excluding diaryl/α,β-unsaturated/α-hetero) is 1. The van der Waals surface area contributed by atoms with Gasteiger partial charge in [0, 0.05) is 17.4 Å². The van der Waals surface area contributed by atoms with Crippen LogP contribution in [0.1, 0.15) is 27.8 Å². The number of rotatable bonds is 4. The highest BCUT2D eigenvalue weighted by atomic mass is 16.2. The van der Waals surface area contributed by atoms with Crippen molar-refractivity contribution in [2.24, 2.45) is 0 Å². The maximum atomic E-state index is 12.3. The van der Waals surface area contributed by atoms with Gasteiger partial charge in [-0.3, -0.25) is 19.7 Å². The van der Waals surface area contributed by atoms with Gasteiger partial charge >= 0.3 is 0 Å². The van der Waals surface area contributed by atoms with Crippen LogP contribution in [-0.2, 0) is 0 Å². The molecule has 0 saturated heterocycles. The van der Waals surface area contributed by atoms with E-state index in [1.807, 2.05) is 18.2 Å². The van der Waals surface area contributed by atoms with Crippen LogP contribution in [0.4, 0.5) is 5.69 Å². The van der Waals surface area contributed by atoms with Crippen molar-refractivity contribution in [3.05, 3.63) is 66.0 Å². The molecule has 114 valence electrons. The number of amides is 1. The SMILES string of the molecule is CC(=O)c1cccc(NC(=O)c2cc(-c3ccccn3)n[nH]2)c1. The van der Waals surface area contributed by atoms with Crippen LogP contribution < -0.4 is 5.32 Å². The highest BCUT2D eigenvalue weighted by Gasteiger charge is 2.12. The molecule has 0 aliphatic heterocycles. The van der Waals surface area contributed by atoms with E-state index in [1.165, 1.54) is 6.92 Å². The van der Waals surface area contributed by atoms with Gasteiger partial charge in [0.2, 0.25) is 0 Å². The number of ketones is 1. The van der Waals surface area contributed by atoms with Crippen molar-refractivity contribution in [2.45, 2.75) is 6.92 Å². The third kappa shape index (κ3) is 3.32. The maximum absolute atomic E-state index is 12.3. The Bertz CT molecular complexity index is 856. The Kier molecular flexibility index (Phi) is 3.97. The fourth-order valence-corrected chi connectivity index (χ4v) is 2.10. The second-order valence-electron chi connectivity index (χ2n) is 4.97. The van der Waals surface area contributed by atoms with Crippen molar-refractivity contribution < 1.29 is 9.59 Å². The molecule has 6 nitrogen and oxygen atoms in total. The van der Waals surface area contributed by atoms with Crippen LogP contribution >= 0.6 is 0 Å². The topological polar surface area (TPSA) is 87.7 Å². The van der Waals surface area contributed by atoms with E-state index in [-0.39, 0.29) is 11.7 Å². The highest BCUT2D eigenvalue weighted by Crippen LogP contribution is 2.16. The van der Waals surface area contributed by atoms with Gasteiger partial charge in [-0.25, -0.2) is 0 Å². The van der Waals surface area contributed by atoms with Gasteiger partial charge in [0.05, 0.1) is 5.69 Å². The smallest absolute Gasteiger partial charge is 0.273 e. The number of aromatic amines is 1. The first-order valence-corrected chi connectivity index (χ1v) is 7.02. The van der Waals surface area contributed by atoms with Crippen molar-refractivity contribution in [3.63, 3.8) is 0 Å². The molecular formula is C17H14N4O2. The van der Waals surface area contributed by atoms with Crippen molar-refractivity contribution in [1.82, 2.24) is 15.2 Å². The van der Waals surface area contributed by atoms with E-state index in [4.69, 9.17) is 0 Å². The van der Waals surface area contributed by atoms with E-state index in [0.717, 1.165) is 0 Å². The summed E-state index contributed by atoms with van der Waals surface area (Å²) in [5, 5.41) is 9.52. The second kappa shape index (κ2) is 6.23. The third-order valence-electron chi connectivity index (χ3n) is 3.28. The van der Waals surface area contributed by atoms with Gasteiger partial charge in [0.25, 0.3) is 5.91 Å². The Morgan fingerprint density at radius 2 is 1.91 bits per heavy atom. The summed E-state index contributed by atoms with van der Waals surface area (Å²) >= 11 is 0. The molecule has 2 heterocycles. The first kappa shape index (κ1) is 14.6. The van der Waals surface area contributed by atoms with E-state index in [1.54, 1.807) is 36.5 Å². The number of carbonyl (C=O) groups excluding carboxylic acids is 2. The Hall–Kier alpha value is -3.28. The van der Waals surface area contributed by atoms with Gasteiger partial charge in [0.15, 0.2) is 5.78 Å². The molecule has 0 unspecified atom stereocenters. The minimum absolute atomic E-state index is 0.0555. The number of hydrogen-bond donors (Lipinski definition) is 2. The summed E-state index contributed by atoms with van der Waals surface area (Å²) in [5.74, 6) is -0.388. The monoisotopic (exact) mass is 306 g/mol. The van der Waals surface area contributed by atoms with Crippen molar-refractivity contribution in [3.8, 4) is 11.4 Å². The van der Waals surface area contributed by atoms with Crippen LogP contribution in [0.5, 0.6) is 0 Å². The molecule has 2 N–H and O–H groups in total. The molecule has 0 spiro atoms. The van der Waals surface area contributed by atoms with Crippen LogP contribution in [-0.4, -0.2) is 26.9 Å². The molecule has 23 heavy (non-hydrogen) atoms. The predicted molar refractivity (Wildman–Crippen MR) is 86.2 cm³/mol. The zero-order valence-corrected chi connectivity index (χ0v) is 12.4. The van der Waals surface area contributed by atoms with E-state index in [9.17, 15) is 9.59 Å². The van der Waals surface area contributed by atoms with Crippen LogP contribution in [0, 0.1) is 0 Å². The van der Waals surface area contributed by atoms with Crippen molar-refractivity contribution in [2.75, 3.05) is 5.32 Å². The summed E-state index contributed by atoms with van der Waals surface area (Å²) in [6.07, 6.45) is 1.66. The van der Waals surface area contributed by atoms with Crippen LogP contribution in [0.15, 0.2) is 54.7 Å². The molecule has 1 amide bonds. The van der Waals surface area contributed by atoms with Gasteiger partial charge < -0.3 is 5.32 Å². The van der Waals surface area contributed by atoms with Crippen LogP contribution in [0.3, 0.4) is 0 Å². The second-order valence-corrected chi connectivity index (χ2v) is 4.97. The predicted octanol–water partition coefficient (Wildman–Crippen LogP) is 2.93. The van der Waals surface area contributed by atoms with Gasteiger partial charge in [0.1, 0.15) is 11.4 Å². The molecule has 0 atom stereocenters. The first-order chi connectivity index (χ1) is 11.1. The lowest BCUT2D eigenvalue weighted by molar-refractivity contribution is 0.100. The Morgan fingerprint density at radius 1 is 1.04 bits per heavy atom. The average Bonchev–Trinajstić information content (AvgIpc) is 3.06. The van der Waals surface area contributed by atoms with E-state index in [0.29, 0.717) is 28.3 Å². The molecule has 0 bridgehead atoms. The van der Waals surface area contributed by atoms with Gasteiger partial charge in [-0.05, 0) is 37.3 Å². The number of H-pyrrole nitrogens is 1. The molecule has 0 radical (unpaired) electrons. The number of anilines is 1. The van der Waals surface area contributed by atoms with E-state index in [2.05, 4.69) is 20.5 Å². The summed E-state index contributed by atoms with van der Waals surface area (Å²) in [6.45, 7) is 1.48. The highest BCUT2D eigenvalue weighted by molar-refractivity contribution is 6.04. The number of carbonyl (C=O) groups is 2. The first-order valence-electron chi connectivity index (χ1n) is 7.02. The summed E-state index contributed by atoms with van der Waals surface area (Å²) in [4.78, 5) is 27.8. The molecule has 6 heteroatoms. The number of nitrogens with zero attached hydrogens (tertiary/aromatic N) is 2. The molecule has 1 aromatic carbocycles. The van der Waals surface area contributed by atoms with Gasteiger partial charge in [-0.1, -0.05) is 18.2 Å². The summed E-state index contributed by atoms with van der Waals surface area (Å²) in [6, 6.07) is 13.9. The molecule has 0 aliphatic carbocycles. The molecule has 2 aromatic heterocycles. The van der Waals surface area contributed by atoms with E-state index < -0.39 is 0 Å². The lowest BCUT2D eigenvalue weighted by atomic mass is 10.1. The fraction of sp³-hybridized carbons (Fsp3) is 0.0588. The van der Waals surface area contributed by atoms with Gasteiger partial charge in [-0.15, -0.1) is 0 Å². The molecule has 0 fully saturated rings. The van der Waals surface area contributed by atoms with Crippen molar-refractivity contribution >= 4 is 17.4 Å². The molecule has 0 saturated carbocycles. The van der Waals surface area contributed by atoms with Crippen molar-refractivity contribution in [1.29, 1.82) is 0 Å². The molecular weight excluding hydrogens is 292 g/mol. The minimum Gasteiger partial charge on any atom is -0.321 e. The maximum Gasteiger partial charge on any atom is 0.273 e. The molecule has 0 aliphatic rings. The standard InChI is InChI=1S/C17H14N4O2/c1-11(22)12-5-4-6-13(9-12)19-17(23)16-10-15(20-21-16)14-7-2-3-8-18-14/h2-10H,1H3,(H,19,23)(H,20,21). The summed E-state index contributed by atoms with van der Waals surface area (Å²) in [5.41, 5.74) is 2.69. The van der Waals surface area contributed by atoms with Crippen LogP contribution in [0.25, 0.3) is 11.4 Å². The Balaban J connectivity index is 1.78. The van der Waals surface area contributed by atoms with Gasteiger partial charge in [-0.2, -0.15) is 5.10 Å². The normalized spacial score (nSPS) is 10.3. The lowest BCUT2D eigenvalue weighted by Gasteiger charge is -2.04. The van der Waals surface area contributed by atoms with E-state index >= 15 is 0 Å². The largest absolute Gasteiger partial charge is 0.321 e. The molecule has 3 aromatic rings.